The summed E-state index contributed by atoms with van der Waals surface area (Å²) in [5.74, 6) is 0.661. The molecule has 0 atom stereocenters. The van der Waals surface area contributed by atoms with E-state index in [0.717, 1.165) is 22.8 Å². The van der Waals surface area contributed by atoms with Gasteiger partial charge in [0.15, 0.2) is 5.17 Å². The Labute approximate surface area is 174 Å². The van der Waals surface area contributed by atoms with E-state index in [9.17, 15) is 4.79 Å². The second-order valence-electron chi connectivity index (χ2n) is 6.55. The fourth-order valence-corrected chi connectivity index (χ4v) is 3.79. The molecule has 0 bridgehead atoms. The smallest absolute Gasteiger partial charge is 0.264 e. The lowest BCUT2D eigenvalue weighted by Gasteiger charge is -2.07. The Hall–Kier alpha value is -3.25. The zero-order chi connectivity index (χ0) is 20.2. The Morgan fingerprint density at radius 2 is 1.86 bits per heavy atom. The van der Waals surface area contributed by atoms with Crippen molar-refractivity contribution in [3.8, 4) is 11.4 Å². The van der Waals surface area contributed by atoms with E-state index in [1.54, 1.807) is 0 Å². The van der Waals surface area contributed by atoms with Crippen LogP contribution in [0.4, 0.5) is 5.69 Å². The number of aromatic nitrogens is 1. The van der Waals surface area contributed by atoms with Gasteiger partial charge in [0, 0.05) is 17.6 Å². The Balaban J connectivity index is 1.55. The van der Waals surface area contributed by atoms with Crippen LogP contribution in [0.1, 0.15) is 18.2 Å². The van der Waals surface area contributed by atoms with Gasteiger partial charge < -0.3 is 14.6 Å². The van der Waals surface area contributed by atoms with Crippen LogP contribution in [0.15, 0.2) is 76.8 Å². The molecule has 0 unspecified atom stereocenters. The van der Waals surface area contributed by atoms with Gasteiger partial charge in [0.05, 0.1) is 17.2 Å². The molecule has 5 nitrogen and oxygen atoms in total. The van der Waals surface area contributed by atoms with Crippen molar-refractivity contribution in [2.75, 3.05) is 6.61 Å². The van der Waals surface area contributed by atoms with Gasteiger partial charge in [-0.15, -0.1) is 0 Å². The van der Waals surface area contributed by atoms with Crippen molar-refractivity contribution in [2.45, 2.75) is 13.8 Å². The van der Waals surface area contributed by atoms with Crippen molar-refractivity contribution in [3.63, 3.8) is 0 Å². The topological polar surface area (TPSA) is 55.6 Å². The van der Waals surface area contributed by atoms with Crippen LogP contribution in [0.2, 0.25) is 0 Å². The lowest BCUT2D eigenvalue weighted by molar-refractivity contribution is -0.115. The minimum Gasteiger partial charge on any atom is -0.494 e. The molecule has 1 fully saturated rings. The maximum atomic E-state index is 12.4. The molecule has 3 aromatic rings. The molecule has 0 spiro atoms. The van der Waals surface area contributed by atoms with Gasteiger partial charge in [-0.1, -0.05) is 17.7 Å². The molecule has 1 aromatic heterocycles. The number of hydrogen-bond acceptors (Lipinski definition) is 4. The van der Waals surface area contributed by atoms with E-state index in [-0.39, 0.29) is 5.91 Å². The Morgan fingerprint density at radius 3 is 2.59 bits per heavy atom. The number of carbonyl (C=O) groups excluding carboxylic acids is 1. The number of amidine groups is 1. The van der Waals surface area contributed by atoms with Gasteiger partial charge in [-0.25, -0.2) is 4.99 Å². The van der Waals surface area contributed by atoms with Crippen LogP contribution in [0, 0.1) is 6.92 Å². The Kier molecular flexibility index (Phi) is 5.53. The lowest BCUT2D eigenvalue weighted by Crippen LogP contribution is -2.19. The third-order valence-corrected chi connectivity index (χ3v) is 5.31. The highest BCUT2D eigenvalue weighted by Crippen LogP contribution is 2.29. The number of amides is 1. The third-order valence-electron chi connectivity index (χ3n) is 4.40. The van der Waals surface area contributed by atoms with Gasteiger partial charge in [0.2, 0.25) is 0 Å². The molecule has 1 amide bonds. The summed E-state index contributed by atoms with van der Waals surface area (Å²) in [6.07, 6.45) is 3.88. The number of thioether (sulfide) groups is 1. The number of rotatable bonds is 5. The fraction of sp³-hybridized carbons (Fsp3) is 0.130. The molecular weight excluding hydrogens is 382 g/mol. The number of nitrogens with one attached hydrogen (secondary N) is 1. The number of aliphatic imine (C=N–C) groups is 1. The van der Waals surface area contributed by atoms with Gasteiger partial charge in [-0.2, -0.15) is 0 Å². The summed E-state index contributed by atoms with van der Waals surface area (Å²) in [4.78, 5) is 17.6. The van der Waals surface area contributed by atoms with Crippen molar-refractivity contribution >= 4 is 34.6 Å². The van der Waals surface area contributed by atoms with E-state index in [1.165, 1.54) is 17.3 Å². The van der Waals surface area contributed by atoms with Crippen LogP contribution in [0.25, 0.3) is 11.8 Å². The summed E-state index contributed by atoms with van der Waals surface area (Å²) in [5, 5.41) is 3.40. The van der Waals surface area contributed by atoms with Crippen molar-refractivity contribution in [3.05, 3.63) is 83.0 Å². The van der Waals surface area contributed by atoms with Gasteiger partial charge in [-0.3, -0.25) is 4.79 Å². The molecular formula is C23H21N3O2S. The Morgan fingerprint density at radius 1 is 1.10 bits per heavy atom. The second-order valence-corrected chi connectivity index (χ2v) is 7.58. The van der Waals surface area contributed by atoms with Crippen LogP contribution >= 0.6 is 11.8 Å². The third kappa shape index (κ3) is 4.43. The molecule has 2 aromatic carbocycles. The number of hydrogen-bond donors (Lipinski definition) is 1. The molecule has 146 valence electrons. The summed E-state index contributed by atoms with van der Waals surface area (Å²) in [6, 6.07) is 19.7. The first-order valence-electron chi connectivity index (χ1n) is 9.39. The normalized spacial score (nSPS) is 16.4. The first kappa shape index (κ1) is 19.1. The monoisotopic (exact) mass is 403 g/mol. The number of carbonyl (C=O) groups is 1. The zero-order valence-corrected chi connectivity index (χ0v) is 17.1. The molecule has 0 saturated carbocycles. The van der Waals surface area contributed by atoms with Gasteiger partial charge in [-0.05, 0) is 80.2 Å². The molecule has 1 N–H and O–H groups in total. The van der Waals surface area contributed by atoms with E-state index in [4.69, 9.17) is 4.74 Å². The molecule has 6 heteroatoms. The highest BCUT2D eigenvalue weighted by molar-refractivity contribution is 8.18. The molecule has 29 heavy (non-hydrogen) atoms. The predicted molar refractivity (Wildman–Crippen MR) is 119 cm³/mol. The molecule has 0 radical (unpaired) electrons. The summed E-state index contributed by atoms with van der Waals surface area (Å²) in [6.45, 7) is 4.63. The van der Waals surface area contributed by atoms with Crippen LogP contribution in [0.5, 0.6) is 5.75 Å². The van der Waals surface area contributed by atoms with E-state index >= 15 is 0 Å². The SMILES string of the molecule is CCOc1ccc(N=C2NC(=O)/C(=C\c3cccn3-c3ccc(C)cc3)S2)cc1. The van der Waals surface area contributed by atoms with Gasteiger partial charge in [0.1, 0.15) is 5.75 Å². The average Bonchev–Trinajstić information content (AvgIpc) is 3.31. The Bertz CT molecular complexity index is 1080. The minimum atomic E-state index is -0.142. The molecule has 1 saturated heterocycles. The maximum absolute atomic E-state index is 12.4. The summed E-state index contributed by atoms with van der Waals surface area (Å²) in [7, 11) is 0. The molecule has 4 rings (SSSR count). The minimum absolute atomic E-state index is 0.142. The number of ether oxygens (including phenoxy) is 1. The number of nitrogens with zero attached hydrogens (tertiary/aromatic N) is 2. The summed E-state index contributed by atoms with van der Waals surface area (Å²) < 4.78 is 7.50. The average molecular weight is 404 g/mol. The van der Waals surface area contributed by atoms with Gasteiger partial charge in [0.25, 0.3) is 5.91 Å². The highest BCUT2D eigenvalue weighted by Gasteiger charge is 2.24. The van der Waals surface area contributed by atoms with E-state index in [2.05, 4.69) is 46.1 Å². The van der Waals surface area contributed by atoms with E-state index in [0.29, 0.717) is 16.7 Å². The molecule has 1 aliphatic heterocycles. The van der Waals surface area contributed by atoms with E-state index in [1.807, 2.05) is 55.6 Å². The maximum Gasteiger partial charge on any atom is 0.264 e. The molecule has 1 aliphatic rings. The first-order chi connectivity index (χ1) is 14.1. The second kappa shape index (κ2) is 8.41. The van der Waals surface area contributed by atoms with Crippen molar-refractivity contribution < 1.29 is 9.53 Å². The first-order valence-corrected chi connectivity index (χ1v) is 10.2. The zero-order valence-electron chi connectivity index (χ0n) is 16.3. The van der Waals surface area contributed by atoms with Crippen LogP contribution < -0.4 is 10.1 Å². The molecule has 2 heterocycles. The number of aryl methyl sites for hydroxylation is 1. The standard InChI is InChI=1S/C23H21N3O2S/c1-3-28-20-12-8-17(9-13-20)24-23-25-22(27)21(29-23)15-19-5-4-14-26(19)18-10-6-16(2)7-11-18/h4-15H,3H2,1-2H3,(H,24,25,27)/b21-15+. The molecule has 0 aliphatic carbocycles. The quantitative estimate of drug-likeness (QED) is 0.605. The van der Waals surface area contributed by atoms with Crippen LogP contribution in [0.3, 0.4) is 0 Å². The van der Waals surface area contributed by atoms with Crippen LogP contribution in [-0.2, 0) is 4.79 Å². The summed E-state index contributed by atoms with van der Waals surface area (Å²) >= 11 is 1.34. The van der Waals surface area contributed by atoms with Crippen LogP contribution in [-0.4, -0.2) is 22.2 Å². The summed E-state index contributed by atoms with van der Waals surface area (Å²) in [5.41, 5.74) is 3.97. The van der Waals surface area contributed by atoms with Crippen molar-refractivity contribution in [1.29, 1.82) is 0 Å². The predicted octanol–water partition coefficient (Wildman–Crippen LogP) is 5.08. The fourth-order valence-electron chi connectivity index (χ4n) is 2.97. The van der Waals surface area contributed by atoms with Crippen molar-refractivity contribution in [1.82, 2.24) is 9.88 Å². The van der Waals surface area contributed by atoms with Crippen molar-refractivity contribution in [2.24, 2.45) is 4.99 Å². The highest BCUT2D eigenvalue weighted by atomic mass is 32.2. The lowest BCUT2D eigenvalue weighted by atomic mass is 10.2. The number of benzene rings is 2. The van der Waals surface area contributed by atoms with E-state index < -0.39 is 0 Å². The largest absolute Gasteiger partial charge is 0.494 e. The van der Waals surface area contributed by atoms with Gasteiger partial charge >= 0.3 is 0 Å².